The molecule has 2 saturated heterocycles. The number of hydrogen-bond donors (Lipinski definition) is 1. The van der Waals surface area contributed by atoms with Crippen LogP contribution in [0.25, 0.3) is 0 Å². The van der Waals surface area contributed by atoms with Gasteiger partial charge in [0.1, 0.15) is 11.5 Å². The predicted molar refractivity (Wildman–Crippen MR) is 119 cm³/mol. The van der Waals surface area contributed by atoms with Crippen LogP contribution in [0.4, 0.5) is 26.3 Å². The molecule has 196 valence electrons. The molecule has 11 heteroatoms. The minimum Gasteiger partial charge on any atom is -0.497 e. The lowest BCUT2D eigenvalue weighted by Crippen LogP contribution is -2.50. The van der Waals surface area contributed by atoms with Gasteiger partial charge in [-0.3, -0.25) is 9.69 Å². The van der Waals surface area contributed by atoms with Gasteiger partial charge in [-0.05, 0) is 49.9 Å². The van der Waals surface area contributed by atoms with Gasteiger partial charge < -0.3 is 14.8 Å². The smallest absolute Gasteiger partial charge is 0.416 e. The Hall–Kier alpha value is -2.95. The summed E-state index contributed by atoms with van der Waals surface area (Å²) in [6, 6.07) is 6.40. The monoisotopic (exact) mass is 516 g/mol. The molecular formula is C25H26F6N2O3. The number of piperidine rings is 1. The molecule has 36 heavy (non-hydrogen) atoms. The fourth-order valence-electron chi connectivity index (χ4n) is 5.18. The minimum atomic E-state index is -5.01. The number of amides is 1. The van der Waals surface area contributed by atoms with E-state index < -0.39 is 35.0 Å². The van der Waals surface area contributed by atoms with Crippen molar-refractivity contribution in [3.05, 3.63) is 58.7 Å². The SMILES string of the molecule is COc1ccc(CN2[C@H]3CC[C@H]2CC(NC(=O)c2cc(C(F)(F)F)cc(C(F)(F)F)c2)C3)c(OC)c1. The van der Waals surface area contributed by atoms with Gasteiger partial charge >= 0.3 is 12.4 Å². The summed E-state index contributed by atoms with van der Waals surface area (Å²) >= 11 is 0. The van der Waals surface area contributed by atoms with Gasteiger partial charge in [0.05, 0.1) is 25.3 Å². The van der Waals surface area contributed by atoms with E-state index in [0.29, 0.717) is 43.0 Å². The summed E-state index contributed by atoms with van der Waals surface area (Å²) in [4.78, 5) is 15.1. The van der Waals surface area contributed by atoms with Crippen LogP contribution in [0.5, 0.6) is 11.5 Å². The third-order valence-corrected chi connectivity index (χ3v) is 6.92. The van der Waals surface area contributed by atoms with Gasteiger partial charge in [-0.15, -0.1) is 0 Å². The van der Waals surface area contributed by atoms with Crippen LogP contribution < -0.4 is 14.8 Å². The van der Waals surface area contributed by atoms with Gasteiger partial charge in [0, 0.05) is 41.9 Å². The van der Waals surface area contributed by atoms with Crippen molar-refractivity contribution in [3.8, 4) is 11.5 Å². The first-order valence-electron chi connectivity index (χ1n) is 11.5. The third-order valence-electron chi connectivity index (χ3n) is 6.92. The molecule has 2 aliphatic rings. The van der Waals surface area contributed by atoms with Crippen LogP contribution in [0, 0.1) is 0 Å². The molecule has 2 aliphatic heterocycles. The molecule has 2 aromatic carbocycles. The molecule has 0 unspecified atom stereocenters. The van der Waals surface area contributed by atoms with Crippen molar-refractivity contribution in [2.24, 2.45) is 0 Å². The molecule has 1 amide bonds. The lowest BCUT2D eigenvalue weighted by Gasteiger charge is -2.39. The van der Waals surface area contributed by atoms with Gasteiger partial charge in [-0.1, -0.05) is 6.07 Å². The first-order chi connectivity index (χ1) is 16.9. The van der Waals surface area contributed by atoms with Crippen molar-refractivity contribution in [2.45, 2.75) is 62.7 Å². The number of halogens is 6. The van der Waals surface area contributed by atoms with E-state index in [4.69, 9.17) is 9.47 Å². The average Bonchev–Trinajstić information content (AvgIpc) is 3.05. The minimum absolute atomic E-state index is 0.0168. The highest BCUT2D eigenvalue weighted by Crippen LogP contribution is 2.39. The fraction of sp³-hybridized carbons (Fsp3) is 0.480. The largest absolute Gasteiger partial charge is 0.497 e. The molecule has 2 aromatic rings. The topological polar surface area (TPSA) is 50.8 Å². The number of fused-ring (bicyclic) bond motifs is 2. The quantitative estimate of drug-likeness (QED) is 0.503. The van der Waals surface area contributed by atoms with Crippen LogP contribution in [0.3, 0.4) is 0 Å². The second-order valence-electron chi connectivity index (χ2n) is 9.17. The number of methoxy groups -OCH3 is 2. The summed E-state index contributed by atoms with van der Waals surface area (Å²) in [7, 11) is 3.14. The number of rotatable bonds is 6. The zero-order valence-corrected chi connectivity index (χ0v) is 19.7. The van der Waals surface area contributed by atoms with Gasteiger partial charge in [-0.25, -0.2) is 0 Å². The summed E-state index contributed by atoms with van der Waals surface area (Å²) in [5, 5.41) is 2.67. The summed E-state index contributed by atoms with van der Waals surface area (Å²) in [5.41, 5.74) is -2.70. The van der Waals surface area contributed by atoms with Crippen molar-refractivity contribution in [3.63, 3.8) is 0 Å². The number of ether oxygens (including phenoxy) is 2. The van der Waals surface area contributed by atoms with E-state index in [9.17, 15) is 31.1 Å². The molecule has 2 heterocycles. The Bertz CT molecular complexity index is 1070. The van der Waals surface area contributed by atoms with E-state index in [2.05, 4.69) is 10.2 Å². The van der Waals surface area contributed by atoms with E-state index in [1.165, 1.54) is 0 Å². The second kappa shape index (κ2) is 9.84. The molecular weight excluding hydrogens is 490 g/mol. The van der Waals surface area contributed by atoms with Crippen LogP contribution in [0.2, 0.25) is 0 Å². The molecule has 4 rings (SSSR count). The van der Waals surface area contributed by atoms with E-state index in [1.807, 2.05) is 12.1 Å². The number of nitrogens with one attached hydrogen (secondary N) is 1. The number of nitrogens with zero attached hydrogens (tertiary/aromatic N) is 1. The molecule has 0 aromatic heterocycles. The van der Waals surface area contributed by atoms with Crippen LogP contribution in [-0.2, 0) is 18.9 Å². The van der Waals surface area contributed by atoms with E-state index in [-0.39, 0.29) is 24.2 Å². The normalized spacial score (nSPS) is 22.4. The fourth-order valence-corrected chi connectivity index (χ4v) is 5.18. The van der Waals surface area contributed by atoms with E-state index >= 15 is 0 Å². The van der Waals surface area contributed by atoms with Crippen molar-refractivity contribution in [1.29, 1.82) is 0 Å². The highest BCUT2D eigenvalue weighted by molar-refractivity contribution is 5.94. The average molecular weight is 516 g/mol. The summed E-state index contributed by atoms with van der Waals surface area (Å²) in [6.07, 6.45) is -7.15. The zero-order chi connectivity index (χ0) is 26.3. The Labute approximate surface area is 204 Å². The zero-order valence-electron chi connectivity index (χ0n) is 19.7. The van der Waals surface area contributed by atoms with Crippen LogP contribution in [-0.4, -0.2) is 43.2 Å². The lowest BCUT2D eigenvalue weighted by atomic mass is 9.95. The van der Waals surface area contributed by atoms with Crippen LogP contribution >= 0.6 is 0 Å². The summed E-state index contributed by atoms with van der Waals surface area (Å²) < 4.78 is 89.7. The second-order valence-corrected chi connectivity index (χ2v) is 9.17. The van der Waals surface area contributed by atoms with Gasteiger partial charge in [0.2, 0.25) is 0 Å². The number of carbonyl (C=O) groups is 1. The standard InChI is InChI=1S/C25H26F6N2O3/c1-35-21-6-3-14(22(12-21)36-2)13-33-19-4-5-20(33)11-18(10-19)32-23(34)15-7-16(24(26,27)28)9-17(8-15)25(29,30)31/h3,6-9,12,18-20H,4-5,10-11,13H2,1-2H3,(H,32,34)/t19-,20-/m0/s1. The Morgan fingerprint density at radius 2 is 1.50 bits per heavy atom. The first-order valence-corrected chi connectivity index (χ1v) is 11.5. The van der Waals surface area contributed by atoms with Crippen molar-refractivity contribution in [2.75, 3.05) is 14.2 Å². The molecule has 0 radical (unpaired) electrons. The summed E-state index contributed by atoms with van der Waals surface area (Å²) in [5.74, 6) is 0.415. The maximum atomic E-state index is 13.2. The molecule has 2 atom stereocenters. The lowest BCUT2D eigenvalue weighted by molar-refractivity contribution is -0.143. The van der Waals surface area contributed by atoms with Gasteiger partial charge in [0.25, 0.3) is 5.91 Å². The Morgan fingerprint density at radius 3 is 2.00 bits per heavy atom. The predicted octanol–water partition coefficient (Wildman–Crippen LogP) is 5.67. The van der Waals surface area contributed by atoms with Gasteiger partial charge in [-0.2, -0.15) is 26.3 Å². The maximum absolute atomic E-state index is 13.2. The highest BCUT2D eigenvalue weighted by Gasteiger charge is 2.42. The Morgan fingerprint density at radius 1 is 0.917 bits per heavy atom. The van der Waals surface area contributed by atoms with Crippen molar-refractivity contribution in [1.82, 2.24) is 10.2 Å². The Balaban J connectivity index is 1.47. The van der Waals surface area contributed by atoms with E-state index in [1.54, 1.807) is 20.3 Å². The first kappa shape index (κ1) is 26.1. The van der Waals surface area contributed by atoms with Crippen molar-refractivity contribution < 1.29 is 40.6 Å². The van der Waals surface area contributed by atoms with Crippen molar-refractivity contribution >= 4 is 5.91 Å². The van der Waals surface area contributed by atoms with Gasteiger partial charge in [0.15, 0.2) is 0 Å². The molecule has 5 nitrogen and oxygen atoms in total. The third kappa shape index (κ3) is 5.55. The number of alkyl halides is 6. The molecule has 2 fully saturated rings. The maximum Gasteiger partial charge on any atom is 0.416 e. The van der Waals surface area contributed by atoms with Crippen LogP contribution in [0.15, 0.2) is 36.4 Å². The van der Waals surface area contributed by atoms with E-state index in [0.717, 1.165) is 18.4 Å². The number of hydrogen-bond acceptors (Lipinski definition) is 4. The number of carbonyl (C=O) groups excluding carboxylic acids is 1. The molecule has 0 saturated carbocycles. The molecule has 0 aliphatic carbocycles. The molecule has 0 spiro atoms. The molecule has 1 N–H and O–H groups in total. The Kier molecular flexibility index (Phi) is 7.14. The number of benzene rings is 2. The van der Waals surface area contributed by atoms with Crippen LogP contribution in [0.1, 0.15) is 52.7 Å². The molecule has 2 bridgehead atoms. The summed E-state index contributed by atoms with van der Waals surface area (Å²) in [6.45, 7) is 0.617. The highest BCUT2D eigenvalue weighted by atomic mass is 19.4.